The van der Waals surface area contributed by atoms with Crippen molar-refractivity contribution < 1.29 is 14.7 Å². The third-order valence-electron chi connectivity index (χ3n) is 3.55. The minimum atomic E-state index is -0.820. The van der Waals surface area contributed by atoms with Crippen LogP contribution < -0.4 is 5.73 Å². The lowest BCUT2D eigenvalue weighted by Crippen LogP contribution is -2.48. The van der Waals surface area contributed by atoms with Gasteiger partial charge in [0, 0.05) is 12.6 Å². The number of amides is 1. The molecule has 84 valence electrons. The maximum absolute atomic E-state index is 11.9. The first-order chi connectivity index (χ1) is 6.96. The lowest BCUT2D eigenvalue weighted by atomic mass is 10.0. The van der Waals surface area contributed by atoms with E-state index < -0.39 is 17.4 Å². The summed E-state index contributed by atoms with van der Waals surface area (Å²) in [6.07, 6.45) is 2.00. The largest absolute Gasteiger partial charge is 0.481 e. The summed E-state index contributed by atoms with van der Waals surface area (Å²) in [5.41, 5.74) is 5.14. The Kier molecular flexibility index (Phi) is 2.22. The van der Waals surface area contributed by atoms with Crippen LogP contribution in [0.25, 0.3) is 0 Å². The highest BCUT2D eigenvalue weighted by Crippen LogP contribution is 2.37. The Hall–Kier alpha value is -1.10. The topological polar surface area (TPSA) is 83.6 Å². The van der Waals surface area contributed by atoms with Crippen LogP contribution in [0.3, 0.4) is 0 Å². The van der Waals surface area contributed by atoms with Gasteiger partial charge in [-0.3, -0.25) is 9.59 Å². The lowest BCUT2D eigenvalue weighted by molar-refractivity contribution is -0.143. The van der Waals surface area contributed by atoms with Crippen molar-refractivity contribution in [3.05, 3.63) is 0 Å². The molecule has 1 amide bonds. The first-order valence-corrected chi connectivity index (χ1v) is 5.28. The van der Waals surface area contributed by atoms with Crippen LogP contribution in [-0.2, 0) is 9.59 Å². The molecule has 1 heterocycles. The van der Waals surface area contributed by atoms with Crippen LogP contribution in [0.1, 0.15) is 26.2 Å². The van der Waals surface area contributed by atoms with Crippen molar-refractivity contribution in [1.29, 1.82) is 0 Å². The van der Waals surface area contributed by atoms with E-state index >= 15 is 0 Å². The SMILES string of the molecule is CC1C(C(=O)O)CCN1C(=O)C1(N)CC1. The summed E-state index contributed by atoms with van der Waals surface area (Å²) in [7, 11) is 0. The molecule has 2 aliphatic rings. The smallest absolute Gasteiger partial charge is 0.308 e. The predicted molar refractivity (Wildman–Crippen MR) is 53.1 cm³/mol. The number of carbonyl (C=O) groups excluding carboxylic acids is 1. The summed E-state index contributed by atoms with van der Waals surface area (Å²) >= 11 is 0. The molecule has 5 heteroatoms. The van der Waals surface area contributed by atoms with Gasteiger partial charge in [-0.1, -0.05) is 0 Å². The summed E-state index contributed by atoms with van der Waals surface area (Å²) in [4.78, 5) is 24.4. The molecule has 15 heavy (non-hydrogen) atoms. The quantitative estimate of drug-likeness (QED) is 0.664. The minimum Gasteiger partial charge on any atom is -0.481 e. The Labute approximate surface area is 88.2 Å². The molecule has 1 aliphatic heterocycles. The maximum Gasteiger partial charge on any atom is 0.308 e. The summed E-state index contributed by atoms with van der Waals surface area (Å²) in [6.45, 7) is 2.31. The van der Waals surface area contributed by atoms with Gasteiger partial charge in [-0.25, -0.2) is 0 Å². The normalized spacial score (nSPS) is 32.8. The van der Waals surface area contributed by atoms with Crippen LogP contribution in [0.2, 0.25) is 0 Å². The molecule has 1 saturated carbocycles. The Balaban J connectivity index is 2.06. The molecule has 0 spiro atoms. The number of likely N-dealkylation sites (tertiary alicyclic amines) is 1. The number of hydrogen-bond acceptors (Lipinski definition) is 3. The lowest BCUT2D eigenvalue weighted by Gasteiger charge is -2.26. The summed E-state index contributed by atoms with van der Waals surface area (Å²) in [5.74, 6) is -1.32. The van der Waals surface area contributed by atoms with Crippen LogP contribution in [0.4, 0.5) is 0 Å². The standard InChI is InChI=1S/C10H16N2O3/c1-6-7(8(13)14)2-5-12(6)9(15)10(11)3-4-10/h6-7H,2-5,11H2,1H3,(H,13,14). The highest BCUT2D eigenvalue weighted by Gasteiger charge is 2.51. The van der Waals surface area contributed by atoms with Crippen LogP contribution in [0.5, 0.6) is 0 Å². The Morgan fingerprint density at radius 3 is 2.47 bits per heavy atom. The van der Waals surface area contributed by atoms with Crippen LogP contribution in [0.15, 0.2) is 0 Å². The number of rotatable bonds is 2. The number of nitrogens with two attached hydrogens (primary N) is 1. The van der Waals surface area contributed by atoms with E-state index in [4.69, 9.17) is 10.8 Å². The van der Waals surface area contributed by atoms with Gasteiger partial charge < -0.3 is 15.7 Å². The van der Waals surface area contributed by atoms with Gasteiger partial charge in [-0.2, -0.15) is 0 Å². The van der Waals surface area contributed by atoms with E-state index in [9.17, 15) is 9.59 Å². The zero-order valence-corrected chi connectivity index (χ0v) is 8.77. The number of nitrogens with zero attached hydrogens (tertiary/aromatic N) is 1. The molecule has 2 atom stereocenters. The average Bonchev–Trinajstić information content (AvgIpc) is 2.78. The molecule has 1 saturated heterocycles. The van der Waals surface area contributed by atoms with Gasteiger partial charge >= 0.3 is 5.97 Å². The number of carboxylic acids is 1. The van der Waals surface area contributed by atoms with Crippen LogP contribution in [-0.4, -0.2) is 40.0 Å². The Bertz CT molecular complexity index is 312. The van der Waals surface area contributed by atoms with Gasteiger partial charge in [-0.05, 0) is 26.2 Å². The molecule has 2 fully saturated rings. The fourth-order valence-electron chi connectivity index (χ4n) is 2.19. The number of aliphatic carboxylic acids is 1. The fraction of sp³-hybridized carbons (Fsp3) is 0.800. The molecule has 5 nitrogen and oxygen atoms in total. The highest BCUT2D eigenvalue weighted by molar-refractivity contribution is 5.90. The molecule has 0 aromatic heterocycles. The zero-order valence-electron chi connectivity index (χ0n) is 8.77. The van der Waals surface area contributed by atoms with Gasteiger partial charge in [0.05, 0.1) is 11.5 Å². The van der Waals surface area contributed by atoms with E-state index in [0.717, 1.165) is 12.8 Å². The van der Waals surface area contributed by atoms with Crippen LogP contribution >= 0.6 is 0 Å². The monoisotopic (exact) mass is 212 g/mol. The van der Waals surface area contributed by atoms with Crippen LogP contribution in [0, 0.1) is 5.92 Å². The van der Waals surface area contributed by atoms with E-state index in [-0.39, 0.29) is 11.9 Å². The molecular weight excluding hydrogens is 196 g/mol. The second-order valence-corrected chi connectivity index (χ2v) is 4.63. The molecule has 3 N–H and O–H groups in total. The van der Waals surface area contributed by atoms with Gasteiger partial charge in [0.15, 0.2) is 0 Å². The van der Waals surface area contributed by atoms with E-state index in [1.54, 1.807) is 11.8 Å². The Morgan fingerprint density at radius 2 is 2.07 bits per heavy atom. The third-order valence-corrected chi connectivity index (χ3v) is 3.55. The first-order valence-electron chi connectivity index (χ1n) is 5.28. The molecule has 0 radical (unpaired) electrons. The molecular formula is C10H16N2O3. The summed E-state index contributed by atoms with van der Waals surface area (Å²) in [6, 6.07) is -0.226. The molecule has 0 aromatic carbocycles. The minimum absolute atomic E-state index is 0.0706. The first kappa shape index (κ1) is 10.4. The molecule has 2 rings (SSSR count). The van der Waals surface area contributed by atoms with E-state index in [1.165, 1.54) is 0 Å². The van der Waals surface area contributed by atoms with E-state index in [0.29, 0.717) is 13.0 Å². The van der Waals surface area contributed by atoms with Crippen molar-refractivity contribution in [1.82, 2.24) is 4.90 Å². The fourth-order valence-corrected chi connectivity index (χ4v) is 2.19. The van der Waals surface area contributed by atoms with Crippen molar-refractivity contribution in [2.24, 2.45) is 11.7 Å². The van der Waals surface area contributed by atoms with Gasteiger partial charge in [0.25, 0.3) is 0 Å². The number of hydrogen-bond donors (Lipinski definition) is 2. The molecule has 1 aliphatic carbocycles. The number of carbonyl (C=O) groups is 2. The average molecular weight is 212 g/mol. The summed E-state index contributed by atoms with van der Waals surface area (Å²) in [5, 5.41) is 8.93. The second-order valence-electron chi connectivity index (χ2n) is 4.63. The maximum atomic E-state index is 11.9. The van der Waals surface area contributed by atoms with Crippen molar-refractivity contribution in [2.45, 2.75) is 37.8 Å². The zero-order chi connectivity index (χ0) is 11.2. The highest BCUT2D eigenvalue weighted by atomic mass is 16.4. The van der Waals surface area contributed by atoms with E-state index in [2.05, 4.69) is 0 Å². The van der Waals surface area contributed by atoms with Gasteiger partial charge in [0.2, 0.25) is 5.91 Å². The van der Waals surface area contributed by atoms with Crippen molar-refractivity contribution >= 4 is 11.9 Å². The Morgan fingerprint density at radius 1 is 1.47 bits per heavy atom. The van der Waals surface area contributed by atoms with Gasteiger partial charge in [0.1, 0.15) is 0 Å². The molecule has 0 aromatic rings. The predicted octanol–water partition coefficient (Wildman–Crippen LogP) is -0.201. The molecule has 0 bridgehead atoms. The van der Waals surface area contributed by atoms with Crippen molar-refractivity contribution in [3.8, 4) is 0 Å². The van der Waals surface area contributed by atoms with E-state index in [1.807, 2.05) is 0 Å². The molecule has 2 unspecified atom stereocenters. The van der Waals surface area contributed by atoms with Crippen molar-refractivity contribution in [3.63, 3.8) is 0 Å². The van der Waals surface area contributed by atoms with Gasteiger partial charge in [-0.15, -0.1) is 0 Å². The third kappa shape index (κ3) is 1.61. The van der Waals surface area contributed by atoms with Crippen molar-refractivity contribution in [2.75, 3.05) is 6.54 Å². The number of carboxylic acid groups (broad SMARTS) is 1. The summed E-state index contributed by atoms with van der Waals surface area (Å²) < 4.78 is 0. The second kappa shape index (κ2) is 3.20.